The molecule has 0 saturated heterocycles. The maximum Gasteiger partial charge on any atom is 0.379 e. The van der Waals surface area contributed by atoms with Crippen LogP contribution in [-0.2, 0) is 4.79 Å². The number of benzene rings is 2. The summed E-state index contributed by atoms with van der Waals surface area (Å²) >= 11 is 0. The van der Waals surface area contributed by atoms with Gasteiger partial charge in [-0.25, -0.2) is 10.2 Å². The number of nitrogens with one attached hydrogen (secondary N) is 2. The number of hydrogen-bond donors (Lipinski definition) is 2. The molecule has 0 saturated carbocycles. The van der Waals surface area contributed by atoms with E-state index in [0.29, 0.717) is 28.4 Å². The fraction of sp³-hybridized carbons (Fsp3) is 0.130. The number of carbonyl (C=O) groups excluding carboxylic acids is 3. The zero-order valence-corrected chi connectivity index (χ0v) is 17.9. The predicted octanol–water partition coefficient (Wildman–Crippen LogP) is 2.40. The van der Waals surface area contributed by atoms with Gasteiger partial charge in [-0.15, -0.1) is 0 Å². The van der Waals surface area contributed by atoms with E-state index in [9.17, 15) is 14.4 Å². The number of amides is 2. The van der Waals surface area contributed by atoms with Gasteiger partial charge in [-0.05, 0) is 60.2 Å². The Balaban J connectivity index is 1.45. The number of ether oxygens (including phenoxy) is 3. The topological polar surface area (TPSA) is 128 Å². The van der Waals surface area contributed by atoms with Crippen LogP contribution in [0.2, 0.25) is 0 Å². The van der Waals surface area contributed by atoms with Crippen molar-refractivity contribution in [1.29, 1.82) is 0 Å². The van der Waals surface area contributed by atoms with Gasteiger partial charge in [0, 0.05) is 5.56 Å². The van der Waals surface area contributed by atoms with E-state index in [0.717, 1.165) is 0 Å². The third-order valence-electron chi connectivity index (χ3n) is 4.27. The number of rotatable bonds is 9. The van der Waals surface area contributed by atoms with Gasteiger partial charge in [-0.1, -0.05) is 0 Å². The van der Waals surface area contributed by atoms with Crippen molar-refractivity contribution in [3.05, 3.63) is 77.7 Å². The van der Waals surface area contributed by atoms with E-state index in [1.54, 1.807) is 42.5 Å². The second kappa shape index (κ2) is 11.1. The lowest BCUT2D eigenvalue weighted by Gasteiger charge is -2.09. The maximum absolute atomic E-state index is 12.2. The van der Waals surface area contributed by atoms with Gasteiger partial charge < -0.3 is 23.9 Å². The summed E-state index contributed by atoms with van der Waals surface area (Å²) in [6.07, 6.45) is 2.79. The third kappa shape index (κ3) is 6.44. The Morgan fingerprint density at radius 1 is 1.00 bits per heavy atom. The van der Waals surface area contributed by atoms with E-state index in [1.165, 1.54) is 38.8 Å². The lowest BCUT2D eigenvalue weighted by molar-refractivity contribution is -0.120. The number of carbonyl (C=O) groups is 3. The number of hydrogen-bond acceptors (Lipinski definition) is 8. The average Bonchev–Trinajstić information content (AvgIpc) is 3.38. The van der Waals surface area contributed by atoms with Crippen LogP contribution >= 0.6 is 0 Å². The molecular weight excluding hydrogens is 430 g/mol. The largest absolute Gasteiger partial charge is 0.493 e. The van der Waals surface area contributed by atoms with E-state index in [1.807, 2.05) is 0 Å². The van der Waals surface area contributed by atoms with Crippen molar-refractivity contribution in [3.63, 3.8) is 0 Å². The highest BCUT2D eigenvalue weighted by Crippen LogP contribution is 2.27. The Bertz CT molecular complexity index is 1140. The molecule has 2 amide bonds. The van der Waals surface area contributed by atoms with E-state index >= 15 is 0 Å². The van der Waals surface area contributed by atoms with Crippen molar-refractivity contribution < 1.29 is 33.0 Å². The normalized spacial score (nSPS) is 10.5. The van der Waals surface area contributed by atoms with E-state index < -0.39 is 17.8 Å². The molecule has 0 aliphatic heterocycles. The van der Waals surface area contributed by atoms with Crippen molar-refractivity contribution in [2.75, 3.05) is 20.8 Å². The average molecular weight is 451 g/mol. The van der Waals surface area contributed by atoms with Gasteiger partial charge in [0.05, 0.1) is 33.2 Å². The van der Waals surface area contributed by atoms with Crippen LogP contribution in [0.15, 0.2) is 70.4 Å². The molecule has 0 aliphatic carbocycles. The number of hydrazone groups is 1. The van der Waals surface area contributed by atoms with Crippen molar-refractivity contribution in [1.82, 2.24) is 10.7 Å². The zero-order valence-electron chi connectivity index (χ0n) is 17.9. The molecule has 3 aromatic rings. The van der Waals surface area contributed by atoms with Crippen molar-refractivity contribution in [2.45, 2.75) is 0 Å². The number of esters is 1. The summed E-state index contributed by atoms with van der Waals surface area (Å²) in [5, 5.41) is 6.33. The fourth-order valence-corrected chi connectivity index (χ4v) is 2.63. The highest BCUT2D eigenvalue weighted by Gasteiger charge is 2.12. The second-order valence-corrected chi connectivity index (χ2v) is 6.48. The number of nitrogens with zero attached hydrogens (tertiary/aromatic N) is 1. The van der Waals surface area contributed by atoms with Crippen LogP contribution in [0.4, 0.5) is 0 Å². The molecule has 0 unspecified atom stereocenters. The van der Waals surface area contributed by atoms with Crippen molar-refractivity contribution >= 4 is 24.0 Å². The highest BCUT2D eigenvalue weighted by molar-refractivity contribution is 5.97. The van der Waals surface area contributed by atoms with Gasteiger partial charge in [-0.2, -0.15) is 5.10 Å². The molecule has 10 heteroatoms. The van der Waals surface area contributed by atoms with Crippen LogP contribution in [0.1, 0.15) is 26.5 Å². The molecule has 0 fully saturated rings. The highest BCUT2D eigenvalue weighted by atomic mass is 16.5. The van der Waals surface area contributed by atoms with Crippen LogP contribution < -0.4 is 25.0 Å². The Morgan fingerprint density at radius 2 is 1.76 bits per heavy atom. The van der Waals surface area contributed by atoms with Gasteiger partial charge in [0.2, 0.25) is 5.76 Å². The molecule has 33 heavy (non-hydrogen) atoms. The van der Waals surface area contributed by atoms with Crippen LogP contribution in [-0.4, -0.2) is 44.8 Å². The fourth-order valence-electron chi connectivity index (χ4n) is 2.63. The lowest BCUT2D eigenvalue weighted by Crippen LogP contribution is -2.34. The summed E-state index contributed by atoms with van der Waals surface area (Å²) in [5.41, 5.74) is 3.29. The molecule has 0 bridgehead atoms. The monoisotopic (exact) mass is 451 g/mol. The first kappa shape index (κ1) is 23.1. The molecule has 0 radical (unpaired) electrons. The molecule has 0 atom stereocenters. The SMILES string of the molecule is COc1ccc(C(=O)NCC(=O)NN=Cc2ccc(OC(=O)c3ccco3)cc2)cc1OC. The Morgan fingerprint density at radius 3 is 2.42 bits per heavy atom. The summed E-state index contributed by atoms with van der Waals surface area (Å²) in [5.74, 6) is -0.245. The van der Waals surface area contributed by atoms with Gasteiger partial charge >= 0.3 is 5.97 Å². The molecule has 1 heterocycles. The van der Waals surface area contributed by atoms with E-state index in [2.05, 4.69) is 15.8 Å². The van der Waals surface area contributed by atoms with Crippen LogP contribution in [0.25, 0.3) is 0 Å². The zero-order chi connectivity index (χ0) is 23.6. The van der Waals surface area contributed by atoms with Crippen molar-refractivity contribution in [3.8, 4) is 17.2 Å². The van der Waals surface area contributed by atoms with Gasteiger partial charge in [0.15, 0.2) is 11.5 Å². The summed E-state index contributed by atoms with van der Waals surface area (Å²) in [4.78, 5) is 36.0. The minimum absolute atomic E-state index is 0.0987. The smallest absolute Gasteiger partial charge is 0.379 e. The molecule has 1 aromatic heterocycles. The first-order chi connectivity index (χ1) is 16.0. The summed E-state index contributed by atoms with van der Waals surface area (Å²) < 4.78 is 20.4. The molecule has 170 valence electrons. The predicted molar refractivity (Wildman–Crippen MR) is 118 cm³/mol. The standard InChI is InChI=1S/C23H21N3O7/c1-30-18-10-7-16(12-20(18)31-2)22(28)24-14-21(27)26-25-13-15-5-8-17(9-6-15)33-23(29)19-4-3-11-32-19/h3-13H,14H2,1-2H3,(H,24,28)(H,26,27). The number of methoxy groups -OCH3 is 2. The molecule has 2 aromatic carbocycles. The van der Waals surface area contributed by atoms with Crippen LogP contribution in [0, 0.1) is 0 Å². The quantitative estimate of drug-likeness (QED) is 0.221. The van der Waals surface area contributed by atoms with E-state index in [-0.39, 0.29) is 12.3 Å². The van der Waals surface area contributed by atoms with Crippen LogP contribution in [0.5, 0.6) is 17.2 Å². The molecule has 3 rings (SSSR count). The minimum Gasteiger partial charge on any atom is -0.493 e. The molecule has 0 aliphatic rings. The Hall–Kier alpha value is -4.60. The summed E-state index contributed by atoms with van der Waals surface area (Å²) in [6.45, 7) is -0.272. The van der Waals surface area contributed by atoms with E-state index in [4.69, 9.17) is 18.6 Å². The van der Waals surface area contributed by atoms with Gasteiger partial charge in [0.1, 0.15) is 5.75 Å². The Labute approximate surface area is 189 Å². The second-order valence-electron chi connectivity index (χ2n) is 6.48. The third-order valence-corrected chi connectivity index (χ3v) is 4.27. The Kier molecular flexibility index (Phi) is 7.79. The minimum atomic E-state index is -0.608. The first-order valence-corrected chi connectivity index (χ1v) is 9.68. The maximum atomic E-state index is 12.2. The summed E-state index contributed by atoms with van der Waals surface area (Å²) in [7, 11) is 2.96. The van der Waals surface area contributed by atoms with Gasteiger partial charge in [-0.3, -0.25) is 9.59 Å². The summed E-state index contributed by atoms with van der Waals surface area (Å²) in [6, 6.07) is 14.2. The molecule has 10 nitrogen and oxygen atoms in total. The molecular formula is C23H21N3O7. The number of furan rings is 1. The lowest BCUT2D eigenvalue weighted by atomic mass is 10.2. The molecule has 2 N–H and O–H groups in total. The van der Waals surface area contributed by atoms with Gasteiger partial charge in [0.25, 0.3) is 11.8 Å². The molecule has 0 spiro atoms. The van der Waals surface area contributed by atoms with Crippen molar-refractivity contribution in [2.24, 2.45) is 5.10 Å². The first-order valence-electron chi connectivity index (χ1n) is 9.68. The van der Waals surface area contributed by atoms with Crippen LogP contribution in [0.3, 0.4) is 0 Å².